The van der Waals surface area contributed by atoms with Crippen LogP contribution in [0.4, 0.5) is 0 Å². The van der Waals surface area contributed by atoms with Gasteiger partial charge in [-0.15, -0.1) is 0 Å². The number of rotatable bonds is 4. The standard InChI is InChI=1S/C17H15NO5/c1-16(11-18(21)22)17(20,13-9-5-6-10-14(13)23-16)15(19)12-7-3-2-4-8-12/h2-10,20H,11H2,1H3. The number of ether oxygens (including phenoxy) is 1. The van der Waals surface area contributed by atoms with E-state index in [1.54, 1.807) is 54.6 Å². The molecule has 0 radical (unpaired) electrons. The minimum absolute atomic E-state index is 0.248. The quantitative estimate of drug-likeness (QED) is 0.531. The zero-order valence-electron chi connectivity index (χ0n) is 12.4. The van der Waals surface area contributed by atoms with E-state index >= 15 is 0 Å². The van der Waals surface area contributed by atoms with Gasteiger partial charge in [0.05, 0.1) is 0 Å². The Morgan fingerprint density at radius 3 is 2.43 bits per heavy atom. The summed E-state index contributed by atoms with van der Waals surface area (Å²) in [4.78, 5) is 23.4. The van der Waals surface area contributed by atoms with E-state index < -0.39 is 28.5 Å². The van der Waals surface area contributed by atoms with Crippen molar-refractivity contribution in [2.75, 3.05) is 6.54 Å². The minimum Gasteiger partial charge on any atom is -0.476 e. The number of aliphatic hydroxyl groups is 1. The average molecular weight is 313 g/mol. The van der Waals surface area contributed by atoms with Crippen molar-refractivity contribution in [1.29, 1.82) is 0 Å². The fourth-order valence-electron chi connectivity index (χ4n) is 3.01. The molecule has 0 bridgehead atoms. The Hall–Kier alpha value is -2.73. The highest BCUT2D eigenvalue weighted by Gasteiger charge is 2.64. The molecule has 6 nitrogen and oxygen atoms in total. The number of para-hydroxylation sites is 1. The molecule has 0 fully saturated rings. The summed E-state index contributed by atoms with van der Waals surface area (Å²) in [5.74, 6) is -0.337. The summed E-state index contributed by atoms with van der Waals surface area (Å²) in [5, 5.41) is 22.3. The summed E-state index contributed by atoms with van der Waals surface area (Å²) in [6.07, 6.45) is 0. The van der Waals surface area contributed by atoms with Crippen LogP contribution in [-0.2, 0) is 5.60 Å². The van der Waals surface area contributed by atoms with Crippen molar-refractivity contribution >= 4 is 5.78 Å². The van der Waals surface area contributed by atoms with Gasteiger partial charge in [-0.2, -0.15) is 0 Å². The molecule has 3 rings (SSSR count). The van der Waals surface area contributed by atoms with E-state index in [4.69, 9.17) is 4.74 Å². The molecule has 0 saturated carbocycles. The summed E-state index contributed by atoms with van der Waals surface area (Å²) >= 11 is 0. The number of carbonyl (C=O) groups is 1. The van der Waals surface area contributed by atoms with Gasteiger partial charge in [0.15, 0.2) is 0 Å². The van der Waals surface area contributed by atoms with Crippen LogP contribution in [0.3, 0.4) is 0 Å². The van der Waals surface area contributed by atoms with Crippen LogP contribution in [0.15, 0.2) is 54.6 Å². The van der Waals surface area contributed by atoms with Crippen molar-refractivity contribution in [3.8, 4) is 5.75 Å². The molecule has 118 valence electrons. The third-order valence-corrected chi connectivity index (χ3v) is 4.17. The van der Waals surface area contributed by atoms with Crippen LogP contribution < -0.4 is 4.74 Å². The van der Waals surface area contributed by atoms with E-state index in [1.165, 1.54) is 6.92 Å². The van der Waals surface area contributed by atoms with Gasteiger partial charge in [-0.3, -0.25) is 14.9 Å². The predicted molar refractivity (Wildman–Crippen MR) is 82.0 cm³/mol. The Bertz CT molecular complexity index is 776. The number of Topliss-reactive ketones (excluding diaryl/α,β-unsaturated/α-hetero) is 1. The first-order valence-electron chi connectivity index (χ1n) is 7.11. The molecule has 1 aliphatic rings. The minimum atomic E-state index is -2.13. The highest BCUT2D eigenvalue weighted by Crippen LogP contribution is 2.49. The SMILES string of the molecule is CC1(C[N+](=O)[O-])Oc2ccccc2C1(O)C(=O)c1ccccc1. The molecule has 23 heavy (non-hydrogen) atoms. The van der Waals surface area contributed by atoms with E-state index in [9.17, 15) is 20.0 Å². The van der Waals surface area contributed by atoms with Gasteiger partial charge in [0, 0.05) is 16.1 Å². The van der Waals surface area contributed by atoms with Crippen molar-refractivity contribution in [2.45, 2.75) is 18.1 Å². The number of ketones is 1. The molecular formula is C17H15NO5. The first-order chi connectivity index (χ1) is 10.9. The molecule has 0 amide bonds. The molecule has 2 unspecified atom stereocenters. The van der Waals surface area contributed by atoms with E-state index in [1.807, 2.05) is 0 Å². The summed E-state index contributed by atoms with van der Waals surface area (Å²) in [6.45, 7) is 0.688. The fraction of sp³-hybridized carbons (Fsp3) is 0.235. The molecule has 0 spiro atoms. The van der Waals surface area contributed by atoms with Crippen LogP contribution in [-0.4, -0.2) is 28.0 Å². The average Bonchev–Trinajstić information content (AvgIpc) is 2.75. The van der Waals surface area contributed by atoms with Crippen LogP contribution in [0.2, 0.25) is 0 Å². The van der Waals surface area contributed by atoms with Crippen molar-refractivity contribution in [2.24, 2.45) is 0 Å². The zero-order valence-corrected chi connectivity index (χ0v) is 12.4. The molecule has 0 aromatic heterocycles. The molecule has 0 saturated heterocycles. The highest BCUT2D eigenvalue weighted by molar-refractivity contribution is 6.04. The third kappa shape index (κ3) is 2.19. The van der Waals surface area contributed by atoms with Crippen molar-refractivity contribution in [1.82, 2.24) is 0 Å². The maximum Gasteiger partial charge on any atom is 0.246 e. The lowest BCUT2D eigenvalue weighted by Crippen LogP contribution is -2.58. The number of benzene rings is 2. The molecule has 2 aromatic rings. The molecule has 2 atom stereocenters. The lowest BCUT2D eigenvalue weighted by Gasteiger charge is -2.33. The second-order valence-corrected chi connectivity index (χ2v) is 5.73. The Labute approximate surface area is 132 Å². The van der Waals surface area contributed by atoms with Crippen molar-refractivity contribution in [3.63, 3.8) is 0 Å². The zero-order chi connectivity index (χ0) is 16.7. The van der Waals surface area contributed by atoms with Crippen LogP contribution >= 0.6 is 0 Å². The monoisotopic (exact) mass is 313 g/mol. The lowest BCUT2D eigenvalue weighted by atomic mass is 9.75. The van der Waals surface area contributed by atoms with Gasteiger partial charge >= 0.3 is 0 Å². The topological polar surface area (TPSA) is 89.7 Å². The number of carbonyl (C=O) groups excluding carboxylic acids is 1. The van der Waals surface area contributed by atoms with E-state index in [0.29, 0.717) is 0 Å². The van der Waals surface area contributed by atoms with Crippen LogP contribution in [0.1, 0.15) is 22.8 Å². The summed E-state index contributed by atoms with van der Waals surface area (Å²) < 4.78 is 5.65. The molecule has 2 aromatic carbocycles. The first kappa shape index (κ1) is 15.2. The van der Waals surface area contributed by atoms with Gasteiger partial charge in [-0.05, 0) is 13.0 Å². The van der Waals surface area contributed by atoms with E-state index in [2.05, 4.69) is 0 Å². The van der Waals surface area contributed by atoms with Crippen LogP contribution in [0.5, 0.6) is 5.75 Å². The number of fused-ring (bicyclic) bond motifs is 1. The van der Waals surface area contributed by atoms with Gasteiger partial charge in [0.1, 0.15) is 5.75 Å². The molecule has 1 aliphatic heterocycles. The number of nitrogens with zero attached hydrogens (tertiary/aromatic N) is 1. The van der Waals surface area contributed by atoms with Gasteiger partial charge in [-0.25, -0.2) is 0 Å². The fourth-order valence-corrected chi connectivity index (χ4v) is 3.01. The van der Waals surface area contributed by atoms with E-state index in [0.717, 1.165) is 0 Å². The maximum absolute atomic E-state index is 13.0. The Balaban J connectivity index is 2.18. The smallest absolute Gasteiger partial charge is 0.246 e. The molecule has 1 heterocycles. The van der Waals surface area contributed by atoms with Crippen molar-refractivity contribution in [3.05, 3.63) is 75.8 Å². The number of hydrogen-bond donors (Lipinski definition) is 1. The normalized spacial score (nSPS) is 25.5. The second-order valence-electron chi connectivity index (χ2n) is 5.73. The van der Waals surface area contributed by atoms with Crippen LogP contribution in [0, 0.1) is 10.1 Å². The predicted octanol–water partition coefficient (Wildman–Crippen LogP) is 2.18. The van der Waals surface area contributed by atoms with E-state index in [-0.39, 0.29) is 16.9 Å². The van der Waals surface area contributed by atoms with Gasteiger partial charge in [-0.1, -0.05) is 48.5 Å². The Morgan fingerprint density at radius 2 is 1.78 bits per heavy atom. The summed E-state index contributed by atoms with van der Waals surface area (Å²) in [7, 11) is 0. The number of hydrogen-bond acceptors (Lipinski definition) is 5. The lowest BCUT2D eigenvalue weighted by molar-refractivity contribution is -0.502. The molecule has 6 heteroatoms. The van der Waals surface area contributed by atoms with Gasteiger partial charge in [0.2, 0.25) is 23.5 Å². The Morgan fingerprint density at radius 1 is 1.17 bits per heavy atom. The maximum atomic E-state index is 13.0. The van der Waals surface area contributed by atoms with Gasteiger partial charge < -0.3 is 9.84 Å². The third-order valence-electron chi connectivity index (χ3n) is 4.17. The Kier molecular flexibility index (Phi) is 3.41. The highest BCUT2D eigenvalue weighted by atomic mass is 16.6. The second kappa shape index (κ2) is 5.17. The summed E-state index contributed by atoms with van der Waals surface area (Å²) in [5.41, 5.74) is -3.30. The molecule has 1 N–H and O–H groups in total. The largest absolute Gasteiger partial charge is 0.476 e. The van der Waals surface area contributed by atoms with Crippen LogP contribution in [0.25, 0.3) is 0 Å². The van der Waals surface area contributed by atoms with Gasteiger partial charge in [0.25, 0.3) is 0 Å². The first-order valence-corrected chi connectivity index (χ1v) is 7.11. The molecule has 0 aliphatic carbocycles. The van der Waals surface area contributed by atoms with Crippen molar-refractivity contribution < 1.29 is 19.6 Å². The number of nitro groups is 1. The molecular weight excluding hydrogens is 298 g/mol. The summed E-state index contributed by atoms with van der Waals surface area (Å²) in [6, 6.07) is 14.7.